The SMILES string of the molecule is COC1CCCC(N2CC(C)NCC2C(C)C)C1. The fourth-order valence-corrected chi connectivity index (χ4v) is 3.63. The van der Waals surface area contributed by atoms with Gasteiger partial charge in [0.2, 0.25) is 0 Å². The van der Waals surface area contributed by atoms with Gasteiger partial charge in [-0.1, -0.05) is 13.8 Å². The lowest BCUT2D eigenvalue weighted by atomic mass is 9.88. The van der Waals surface area contributed by atoms with Crippen LogP contribution in [-0.2, 0) is 4.74 Å². The summed E-state index contributed by atoms with van der Waals surface area (Å²) in [6.07, 6.45) is 5.65. The fourth-order valence-electron chi connectivity index (χ4n) is 3.63. The van der Waals surface area contributed by atoms with Crippen LogP contribution in [0.1, 0.15) is 46.5 Å². The molecule has 3 heteroatoms. The zero-order valence-corrected chi connectivity index (χ0v) is 12.5. The molecule has 0 spiro atoms. The van der Waals surface area contributed by atoms with Gasteiger partial charge in [0.15, 0.2) is 0 Å². The van der Waals surface area contributed by atoms with E-state index in [-0.39, 0.29) is 0 Å². The second-order valence-electron chi connectivity index (χ2n) is 6.50. The Balaban J connectivity index is 2.02. The van der Waals surface area contributed by atoms with Crippen LogP contribution in [0.4, 0.5) is 0 Å². The van der Waals surface area contributed by atoms with Crippen molar-refractivity contribution in [2.45, 2.75) is 70.7 Å². The molecule has 0 aromatic heterocycles. The Kier molecular flexibility index (Phi) is 5.05. The van der Waals surface area contributed by atoms with Crippen LogP contribution in [-0.4, -0.2) is 49.3 Å². The maximum atomic E-state index is 5.59. The summed E-state index contributed by atoms with van der Waals surface area (Å²) in [7, 11) is 1.87. The van der Waals surface area contributed by atoms with Crippen LogP contribution in [0.5, 0.6) is 0 Å². The van der Waals surface area contributed by atoms with Gasteiger partial charge in [0.05, 0.1) is 6.10 Å². The second kappa shape index (κ2) is 6.36. The smallest absolute Gasteiger partial charge is 0.0586 e. The average molecular weight is 254 g/mol. The third kappa shape index (κ3) is 3.25. The van der Waals surface area contributed by atoms with Gasteiger partial charge in [-0.15, -0.1) is 0 Å². The zero-order valence-electron chi connectivity index (χ0n) is 12.5. The average Bonchev–Trinajstić information content (AvgIpc) is 2.38. The van der Waals surface area contributed by atoms with Crippen molar-refractivity contribution >= 4 is 0 Å². The van der Waals surface area contributed by atoms with Crippen LogP contribution in [0.2, 0.25) is 0 Å². The molecular weight excluding hydrogens is 224 g/mol. The number of piperazine rings is 1. The van der Waals surface area contributed by atoms with Crippen LogP contribution in [0, 0.1) is 5.92 Å². The summed E-state index contributed by atoms with van der Waals surface area (Å²) in [5.74, 6) is 0.730. The Morgan fingerprint density at radius 1 is 1.28 bits per heavy atom. The molecule has 106 valence electrons. The van der Waals surface area contributed by atoms with E-state index < -0.39 is 0 Å². The number of hydrogen-bond acceptors (Lipinski definition) is 3. The maximum absolute atomic E-state index is 5.59. The van der Waals surface area contributed by atoms with Crippen LogP contribution in [0.15, 0.2) is 0 Å². The summed E-state index contributed by atoms with van der Waals surface area (Å²) >= 11 is 0. The van der Waals surface area contributed by atoms with Crippen LogP contribution < -0.4 is 5.32 Å². The highest BCUT2D eigenvalue weighted by atomic mass is 16.5. The largest absolute Gasteiger partial charge is 0.381 e. The van der Waals surface area contributed by atoms with Gasteiger partial charge in [0.25, 0.3) is 0 Å². The van der Waals surface area contributed by atoms with Crippen molar-refractivity contribution in [3.8, 4) is 0 Å². The molecule has 1 aliphatic heterocycles. The minimum absolute atomic E-state index is 0.488. The van der Waals surface area contributed by atoms with Gasteiger partial charge in [0, 0.05) is 38.3 Å². The van der Waals surface area contributed by atoms with E-state index in [9.17, 15) is 0 Å². The minimum Gasteiger partial charge on any atom is -0.381 e. The van der Waals surface area contributed by atoms with E-state index in [0.717, 1.165) is 18.5 Å². The Bertz CT molecular complexity index is 257. The predicted molar refractivity (Wildman–Crippen MR) is 75.8 cm³/mol. The van der Waals surface area contributed by atoms with Crippen molar-refractivity contribution in [1.82, 2.24) is 10.2 Å². The summed E-state index contributed by atoms with van der Waals surface area (Å²) in [5.41, 5.74) is 0. The first-order valence-corrected chi connectivity index (χ1v) is 7.63. The van der Waals surface area contributed by atoms with E-state index in [2.05, 4.69) is 31.0 Å². The molecule has 2 rings (SSSR count). The summed E-state index contributed by atoms with van der Waals surface area (Å²) in [6, 6.07) is 2.06. The summed E-state index contributed by atoms with van der Waals surface area (Å²) in [5, 5.41) is 3.63. The van der Waals surface area contributed by atoms with Crippen molar-refractivity contribution in [1.29, 1.82) is 0 Å². The van der Waals surface area contributed by atoms with E-state index in [1.165, 1.54) is 32.2 Å². The molecule has 3 nitrogen and oxygen atoms in total. The molecular formula is C15H30N2O. The van der Waals surface area contributed by atoms with Gasteiger partial charge in [-0.3, -0.25) is 4.90 Å². The lowest BCUT2D eigenvalue weighted by Gasteiger charge is -2.47. The van der Waals surface area contributed by atoms with Gasteiger partial charge in [-0.25, -0.2) is 0 Å². The molecule has 1 N–H and O–H groups in total. The van der Waals surface area contributed by atoms with Crippen molar-refractivity contribution < 1.29 is 4.74 Å². The minimum atomic E-state index is 0.488. The number of nitrogens with one attached hydrogen (secondary N) is 1. The first kappa shape index (κ1) is 14.3. The van der Waals surface area contributed by atoms with E-state index in [1.807, 2.05) is 7.11 Å². The number of ether oxygens (including phenoxy) is 1. The van der Waals surface area contributed by atoms with Crippen molar-refractivity contribution in [3.63, 3.8) is 0 Å². The highest BCUT2D eigenvalue weighted by Gasteiger charge is 2.35. The molecule has 0 radical (unpaired) electrons. The number of methoxy groups -OCH3 is 1. The van der Waals surface area contributed by atoms with Crippen LogP contribution in [0.3, 0.4) is 0 Å². The molecule has 1 saturated heterocycles. The summed E-state index contributed by atoms with van der Waals surface area (Å²) in [4.78, 5) is 2.77. The third-order valence-electron chi connectivity index (χ3n) is 4.76. The fraction of sp³-hybridized carbons (Fsp3) is 1.00. The molecule has 1 heterocycles. The molecule has 4 unspecified atom stereocenters. The molecule has 2 aliphatic rings. The highest BCUT2D eigenvalue weighted by molar-refractivity contribution is 4.92. The molecule has 1 aliphatic carbocycles. The molecule has 1 saturated carbocycles. The predicted octanol–water partition coefficient (Wildman–Crippen LogP) is 2.26. The van der Waals surface area contributed by atoms with Crippen molar-refractivity contribution in [2.24, 2.45) is 5.92 Å². The van der Waals surface area contributed by atoms with Gasteiger partial charge in [-0.05, 0) is 38.5 Å². The highest BCUT2D eigenvalue weighted by Crippen LogP contribution is 2.29. The quantitative estimate of drug-likeness (QED) is 0.836. The van der Waals surface area contributed by atoms with E-state index in [0.29, 0.717) is 18.2 Å². The van der Waals surface area contributed by atoms with Crippen LogP contribution in [0.25, 0.3) is 0 Å². The Labute approximate surface area is 112 Å². The van der Waals surface area contributed by atoms with E-state index in [1.54, 1.807) is 0 Å². The van der Waals surface area contributed by atoms with Gasteiger partial charge < -0.3 is 10.1 Å². The monoisotopic (exact) mass is 254 g/mol. The molecule has 4 atom stereocenters. The van der Waals surface area contributed by atoms with Gasteiger partial charge in [0.1, 0.15) is 0 Å². The molecule has 18 heavy (non-hydrogen) atoms. The number of hydrogen-bond donors (Lipinski definition) is 1. The number of nitrogens with zero attached hydrogens (tertiary/aromatic N) is 1. The summed E-state index contributed by atoms with van der Waals surface area (Å²) < 4.78 is 5.59. The summed E-state index contributed by atoms with van der Waals surface area (Å²) in [6.45, 7) is 9.36. The zero-order chi connectivity index (χ0) is 13.1. The lowest BCUT2D eigenvalue weighted by Crippen LogP contribution is -2.61. The van der Waals surface area contributed by atoms with E-state index >= 15 is 0 Å². The molecule has 0 bridgehead atoms. The Morgan fingerprint density at radius 2 is 2.06 bits per heavy atom. The number of rotatable bonds is 3. The standard InChI is InChI=1S/C15H30N2O/c1-11(2)15-9-16-12(3)10-17(15)13-6-5-7-14(8-13)18-4/h11-16H,5-10H2,1-4H3. The first-order chi connectivity index (χ1) is 8.61. The first-order valence-electron chi connectivity index (χ1n) is 7.63. The molecule has 0 aromatic rings. The molecule has 2 fully saturated rings. The Hall–Kier alpha value is -0.120. The normalized spacial score (nSPS) is 39.2. The van der Waals surface area contributed by atoms with Crippen LogP contribution >= 0.6 is 0 Å². The second-order valence-corrected chi connectivity index (χ2v) is 6.50. The Morgan fingerprint density at radius 3 is 2.72 bits per heavy atom. The molecule has 0 aromatic carbocycles. The maximum Gasteiger partial charge on any atom is 0.0586 e. The topological polar surface area (TPSA) is 24.5 Å². The molecule has 0 amide bonds. The van der Waals surface area contributed by atoms with Gasteiger partial charge in [-0.2, -0.15) is 0 Å². The van der Waals surface area contributed by atoms with Gasteiger partial charge >= 0.3 is 0 Å². The van der Waals surface area contributed by atoms with Crippen molar-refractivity contribution in [2.75, 3.05) is 20.2 Å². The van der Waals surface area contributed by atoms with Crippen molar-refractivity contribution in [3.05, 3.63) is 0 Å². The lowest BCUT2D eigenvalue weighted by molar-refractivity contribution is -0.00846. The van der Waals surface area contributed by atoms with E-state index in [4.69, 9.17) is 4.74 Å². The third-order valence-corrected chi connectivity index (χ3v) is 4.76.